The third kappa shape index (κ3) is 2.56. The lowest BCUT2D eigenvalue weighted by Crippen LogP contribution is -2.42. The first-order valence-electron chi connectivity index (χ1n) is 6.13. The van der Waals surface area contributed by atoms with Crippen LogP contribution >= 0.6 is 0 Å². The van der Waals surface area contributed by atoms with Crippen molar-refractivity contribution in [1.82, 2.24) is 4.90 Å². The molecule has 1 aromatic rings. The lowest BCUT2D eigenvalue weighted by molar-refractivity contribution is 0.0677. The highest BCUT2D eigenvalue weighted by atomic mass is 16.3. The van der Waals surface area contributed by atoms with E-state index in [1.807, 2.05) is 0 Å². The van der Waals surface area contributed by atoms with Crippen LogP contribution in [-0.2, 0) is 0 Å². The Morgan fingerprint density at radius 3 is 2.83 bits per heavy atom. The largest absolute Gasteiger partial charge is 0.504 e. The zero-order valence-electron chi connectivity index (χ0n) is 10.2. The van der Waals surface area contributed by atoms with Gasteiger partial charge in [-0.05, 0) is 43.5 Å². The van der Waals surface area contributed by atoms with E-state index in [4.69, 9.17) is 5.73 Å². The smallest absolute Gasteiger partial charge is 0.254 e. The molecule has 1 aromatic carbocycles. The predicted octanol–water partition coefficient (Wildman–Crippen LogP) is 0.909. The van der Waals surface area contributed by atoms with Crippen molar-refractivity contribution in [2.24, 2.45) is 11.7 Å². The minimum absolute atomic E-state index is 0.122. The van der Waals surface area contributed by atoms with Crippen LogP contribution in [0.5, 0.6) is 11.5 Å². The first-order valence-corrected chi connectivity index (χ1v) is 6.13. The summed E-state index contributed by atoms with van der Waals surface area (Å²) in [5.74, 6) is -0.255. The molecule has 0 aromatic heterocycles. The second kappa shape index (κ2) is 5.27. The number of carbonyl (C=O) groups excluding carboxylic acids is 1. The Bertz CT molecular complexity index is 448. The molecule has 5 heteroatoms. The molecular weight excluding hydrogens is 232 g/mol. The molecule has 0 saturated carbocycles. The number of amides is 1. The topological polar surface area (TPSA) is 86.8 Å². The van der Waals surface area contributed by atoms with Crippen molar-refractivity contribution < 1.29 is 15.0 Å². The van der Waals surface area contributed by atoms with E-state index in [-0.39, 0.29) is 17.4 Å². The predicted molar refractivity (Wildman–Crippen MR) is 67.5 cm³/mol. The zero-order valence-corrected chi connectivity index (χ0v) is 10.2. The first-order chi connectivity index (χ1) is 8.61. The molecule has 0 aliphatic carbocycles. The lowest BCUT2D eigenvalue weighted by atomic mass is 9.97. The van der Waals surface area contributed by atoms with E-state index in [0.29, 0.717) is 24.6 Å². The normalized spacial score (nSPS) is 19.8. The number of nitrogens with two attached hydrogens (primary N) is 1. The molecule has 4 N–H and O–H groups in total. The van der Waals surface area contributed by atoms with Gasteiger partial charge in [0.25, 0.3) is 5.91 Å². The van der Waals surface area contributed by atoms with Crippen LogP contribution in [0.3, 0.4) is 0 Å². The summed E-state index contributed by atoms with van der Waals surface area (Å²) in [6, 6.07) is 4.14. The molecular formula is C13H18N2O3. The van der Waals surface area contributed by atoms with E-state index in [1.165, 1.54) is 18.2 Å². The number of nitrogens with zero attached hydrogens (tertiary/aromatic N) is 1. The van der Waals surface area contributed by atoms with Crippen molar-refractivity contribution in [3.05, 3.63) is 23.8 Å². The molecule has 0 bridgehead atoms. The van der Waals surface area contributed by atoms with Crippen molar-refractivity contribution >= 4 is 5.91 Å². The SMILES string of the molecule is NCC1CCCN(C(=O)c2ccc(O)c(O)c2)C1. The number of carbonyl (C=O) groups is 1. The standard InChI is InChI=1S/C13H18N2O3/c14-7-9-2-1-5-15(8-9)13(18)10-3-4-11(16)12(17)6-10/h3-4,6,9,16-17H,1-2,5,7-8,14H2. The van der Waals surface area contributed by atoms with E-state index >= 15 is 0 Å². The molecule has 1 amide bonds. The molecule has 1 atom stereocenters. The second-order valence-corrected chi connectivity index (χ2v) is 4.70. The minimum Gasteiger partial charge on any atom is -0.504 e. The van der Waals surface area contributed by atoms with Gasteiger partial charge >= 0.3 is 0 Å². The molecule has 1 aliphatic heterocycles. The van der Waals surface area contributed by atoms with Gasteiger partial charge in [-0.25, -0.2) is 0 Å². The molecule has 98 valence electrons. The summed E-state index contributed by atoms with van der Waals surface area (Å²) in [5, 5.41) is 18.6. The van der Waals surface area contributed by atoms with Crippen LogP contribution in [0.2, 0.25) is 0 Å². The van der Waals surface area contributed by atoms with Gasteiger partial charge in [-0.15, -0.1) is 0 Å². The summed E-state index contributed by atoms with van der Waals surface area (Å²) in [6.07, 6.45) is 2.01. The first kappa shape index (κ1) is 12.7. The van der Waals surface area contributed by atoms with Crippen LogP contribution in [0.4, 0.5) is 0 Å². The quantitative estimate of drug-likeness (QED) is 0.681. The Morgan fingerprint density at radius 1 is 1.39 bits per heavy atom. The third-order valence-electron chi connectivity index (χ3n) is 3.36. The van der Waals surface area contributed by atoms with Gasteiger partial charge in [-0.2, -0.15) is 0 Å². The number of likely N-dealkylation sites (tertiary alicyclic amines) is 1. The van der Waals surface area contributed by atoms with Crippen molar-refractivity contribution in [2.75, 3.05) is 19.6 Å². The van der Waals surface area contributed by atoms with Gasteiger partial charge < -0.3 is 20.8 Å². The highest BCUT2D eigenvalue weighted by Crippen LogP contribution is 2.26. The average Bonchev–Trinajstić information content (AvgIpc) is 2.41. The van der Waals surface area contributed by atoms with Gasteiger partial charge in [0, 0.05) is 18.7 Å². The van der Waals surface area contributed by atoms with Crippen LogP contribution in [-0.4, -0.2) is 40.7 Å². The molecule has 1 heterocycles. The Labute approximate surface area is 106 Å². The molecule has 2 rings (SSSR count). The Hall–Kier alpha value is -1.75. The average molecular weight is 250 g/mol. The Balaban J connectivity index is 2.12. The van der Waals surface area contributed by atoms with E-state index in [1.54, 1.807) is 4.90 Å². The monoisotopic (exact) mass is 250 g/mol. The molecule has 1 fully saturated rings. The van der Waals surface area contributed by atoms with Gasteiger partial charge in [0.15, 0.2) is 11.5 Å². The third-order valence-corrected chi connectivity index (χ3v) is 3.36. The van der Waals surface area contributed by atoms with Gasteiger partial charge in [-0.3, -0.25) is 4.79 Å². The molecule has 18 heavy (non-hydrogen) atoms. The van der Waals surface area contributed by atoms with Crippen LogP contribution in [0.15, 0.2) is 18.2 Å². The van der Waals surface area contributed by atoms with Gasteiger partial charge in [0.1, 0.15) is 0 Å². The highest BCUT2D eigenvalue weighted by molar-refractivity contribution is 5.95. The fraction of sp³-hybridized carbons (Fsp3) is 0.462. The van der Waals surface area contributed by atoms with E-state index in [9.17, 15) is 15.0 Å². The summed E-state index contributed by atoms with van der Waals surface area (Å²) in [6.45, 7) is 1.97. The van der Waals surface area contributed by atoms with E-state index in [0.717, 1.165) is 19.4 Å². The molecule has 5 nitrogen and oxygen atoms in total. The number of phenols is 2. The van der Waals surface area contributed by atoms with Gasteiger partial charge in [0.05, 0.1) is 0 Å². The second-order valence-electron chi connectivity index (χ2n) is 4.70. The number of phenolic OH excluding ortho intramolecular Hbond substituents is 2. The molecule has 0 radical (unpaired) electrons. The number of piperidine rings is 1. The summed E-state index contributed by atoms with van der Waals surface area (Å²) in [7, 11) is 0. The number of hydrogen-bond acceptors (Lipinski definition) is 4. The summed E-state index contributed by atoms with van der Waals surface area (Å²) in [5.41, 5.74) is 6.03. The maximum absolute atomic E-state index is 12.2. The Kier molecular flexibility index (Phi) is 3.72. The summed E-state index contributed by atoms with van der Waals surface area (Å²) in [4.78, 5) is 14.0. The maximum Gasteiger partial charge on any atom is 0.254 e. The van der Waals surface area contributed by atoms with Crippen molar-refractivity contribution in [2.45, 2.75) is 12.8 Å². The number of aromatic hydroxyl groups is 2. The molecule has 0 spiro atoms. The summed E-state index contributed by atoms with van der Waals surface area (Å²) >= 11 is 0. The van der Waals surface area contributed by atoms with Crippen LogP contribution < -0.4 is 5.73 Å². The fourth-order valence-electron chi connectivity index (χ4n) is 2.28. The summed E-state index contributed by atoms with van der Waals surface area (Å²) < 4.78 is 0. The van der Waals surface area contributed by atoms with Crippen molar-refractivity contribution in [3.63, 3.8) is 0 Å². The van der Waals surface area contributed by atoms with Crippen LogP contribution in [0, 0.1) is 5.92 Å². The molecule has 1 unspecified atom stereocenters. The van der Waals surface area contributed by atoms with Gasteiger partial charge in [0.2, 0.25) is 0 Å². The molecule has 1 saturated heterocycles. The minimum atomic E-state index is -0.270. The van der Waals surface area contributed by atoms with Gasteiger partial charge in [-0.1, -0.05) is 0 Å². The zero-order chi connectivity index (χ0) is 13.1. The fourth-order valence-corrected chi connectivity index (χ4v) is 2.28. The maximum atomic E-state index is 12.2. The van der Waals surface area contributed by atoms with Crippen molar-refractivity contribution in [1.29, 1.82) is 0 Å². The Morgan fingerprint density at radius 2 is 2.17 bits per heavy atom. The number of benzene rings is 1. The van der Waals surface area contributed by atoms with Crippen LogP contribution in [0.25, 0.3) is 0 Å². The molecule has 1 aliphatic rings. The lowest BCUT2D eigenvalue weighted by Gasteiger charge is -2.32. The van der Waals surface area contributed by atoms with Crippen LogP contribution in [0.1, 0.15) is 23.2 Å². The number of hydrogen-bond donors (Lipinski definition) is 3. The van der Waals surface area contributed by atoms with E-state index < -0.39 is 0 Å². The highest BCUT2D eigenvalue weighted by Gasteiger charge is 2.24. The van der Waals surface area contributed by atoms with Crippen molar-refractivity contribution in [3.8, 4) is 11.5 Å². The number of rotatable bonds is 2. The van der Waals surface area contributed by atoms with E-state index in [2.05, 4.69) is 0 Å².